The number of benzene rings is 1. The lowest BCUT2D eigenvalue weighted by molar-refractivity contribution is -0.109. The normalized spacial score (nSPS) is 10.7. The van der Waals surface area contributed by atoms with Crippen LogP contribution in [0.4, 0.5) is 8.78 Å². The predicted octanol–water partition coefficient (Wildman–Crippen LogP) is 3.91. The molecule has 0 bridgehead atoms. The summed E-state index contributed by atoms with van der Waals surface area (Å²) in [5.41, 5.74) is 1.27. The number of aromatic nitrogens is 1. The zero-order chi connectivity index (χ0) is 13.8. The van der Waals surface area contributed by atoms with Gasteiger partial charge in [0, 0.05) is 36.1 Å². The number of aryl methyl sites for hydroxylation is 1. The maximum atomic E-state index is 13.1. The number of nitrogens with zero attached hydrogens (tertiary/aromatic N) is 1. The van der Waals surface area contributed by atoms with E-state index in [-0.39, 0.29) is 5.12 Å². The van der Waals surface area contributed by atoms with E-state index in [9.17, 15) is 13.6 Å². The lowest BCUT2D eigenvalue weighted by Gasteiger charge is -1.98. The number of halogens is 2. The zero-order valence-electron chi connectivity index (χ0n) is 10.2. The first-order chi connectivity index (χ1) is 9.04. The molecule has 19 heavy (non-hydrogen) atoms. The average molecular weight is 299 g/mol. The van der Waals surface area contributed by atoms with Crippen LogP contribution in [0.2, 0.25) is 0 Å². The van der Waals surface area contributed by atoms with E-state index in [2.05, 4.69) is 4.98 Å². The van der Waals surface area contributed by atoms with Crippen LogP contribution >= 0.6 is 23.1 Å². The summed E-state index contributed by atoms with van der Waals surface area (Å²) in [6, 6.07) is 3.35. The highest BCUT2D eigenvalue weighted by molar-refractivity contribution is 8.13. The molecule has 1 heterocycles. The van der Waals surface area contributed by atoms with Crippen LogP contribution < -0.4 is 0 Å². The Morgan fingerprint density at radius 1 is 1.32 bits per heavy atom. The number of thioether (sulfide) groups is 1. The molecule has 1 aromatic heterocycles. The van der Waals surface area contributed by atoms with Crippen molar-refractivity contribution < 1.29 is 13.6 Å². The molecule has 2 aromatic rings. The van der Waals surface area contributed by atoms with Crippen molar-refractivity contribution in [1.29, 1.82) is 0 Å². The van der Waals surface area contributed by atoms with Crippen LogP contribution in [0.15, 0.2) is 23.6 Å². The van der Waals surface area contributed by atoms with E-state index in [1.54, 1.807) is 0 Å². The summed E-state index contributed by atoms with van der Waals surface area (Å²) < 4.78 is 26.2. The van der Waals surface area contributed by atoms with Crippen molar-refractivity contribution in [1.82, 2.24) is 4.98 Å². The summed E-state index contributed by atoms with van der Waals surface area (Å²) in [7, 11) is 0. The van der Waals surface area contributed by atoms with Gasteiger partial charge in [-0.3, -0.25) is 4.79 Å². The molecule has 0 amide bonds. The minimum absolute atomic E-state index is 0.0719. The van der Waals surface area contributed by atoms with E-state index in [1.165, 1.54) is 42.2 Å². The van der Waals surface area contributed by atoms with Crippen LogP contribution in [0.1, 0.15) is 12.6 Å². The first-order valence-electron chi connectivity index (χ1n) is 5.59. The molecule has 0 atom stereocenters. The third-order valence-electron chi connectivity index (χ3n) is 2.32. The molecule has 1 aromatic carbocycles. The highest BCUT2D eigenvalue weighted by atomic mass is 32.2. The van der Waals surface area contributed by atoms with E-state index in [0.29, 0.717) is 22.7 Å². The van der Waals surface area contributed by atoms with Crippen LogP contribution in [0.25, 0.3) is 10.6 Å². The molecule has 0 aliphatic carbocycles. The van der Waals surface area contributed by atoms with Gasteiger partial charge in [0.2, 0.25) is 0 Å². The van der Waals surface area contributed by atoms with Gasteiger partial charge in [0.1, 0.15) is 16.6 Å². The van der Waals surface area contributed by atoms with E-state index >= 15 is 0 Å². The molecule has 0 aliphatic heterocycles. The van der Waals surface area contributed by atoms with Gasteiger partial charge in [0.15, 0.2) is 5.12 Å². The van der Waals surface area contributed by atoms with E-state index in [4.69, 9.17) is 0 Å². The first kappa shape index (κ1) is 14.1. The van der Waals surface area contributed by atoms with E-state index < -0.39 is 11.6 Å². The van der Waals surface area contributed by atoms with Gasteiger partial charge in [-0.2, -0.15) is 0 Å². The van der Waals surface area contributed by atoms with Crippen molar-refractivity contribution >= 4 is 28.2 Å². The van der Waals surface area contributed by atoms with Gasteiger partial charge in [0.05, 0.1) is 5.69 Å². The molecule has 0 radical (unpaired) electrons. The van der Waals surface area contributed by atoms with Crippen LogP contribution in [0.5, 0.6) is 0 Å². The van der Waals surface area contributed by atoms with Crippen molar-refractivity contribution in [3.63, 3.8) is 0 Å². The molecular weight excluding hydrogens is 288 g/mol. The average Bonchev–Trinajstić information content (AvgIpc) is 2.76. The Morgan fingerprint density at radius 2 is 2.00 bits per heavy atom. The Bertz CT molecular complexity index is 578. The Morgan fingerprint density at radius 3 is 2.63 bits per heavy atom. The fourth-order valence-electron chi connectivity index (χ4n) is 1.53. The second-order valence-electron chi connectivity index (χ2n) is 3.89. The molecule has 0 spiro atoms. The van der Waals surface area contributed by atoms with Crippen molar-refractivity contribution in [2.75, 3.05) is 5.75 Å². The van der Waals surface area contributed by atoms with Crippen LogP contribution in [-0.2, 0) is 11.2 Å². The molecule has 0 saturated carbocycles. The van der Waals surface area contributed by atoms with Gasteiger partial charge in [-0.05, 0) is 12.1 Å². The van der Waals surface area contributed by atoms with Crippen molar-refractivity contribution in [3.8, 4) is 10.6 Å². The maximum Gasteiger partial charge on any atom is 0.185 e. The van der Waals surface area contributed by atoms with Crippen LogP contribution in [0.3, 0.4) is 0 Å². The SMILES string of the molecule is CC(=O)SCCc1csc(-c2cc(F)cc(F)c2)n1. The Labute approximate surface area is 117 Å². The maximum absolute atomic E-state index is 13.1. The van der Waals surface area contributed by atoms with E-state index in [0.717, 1.165) is 11.8 Å². The molecule has 2 rings (SSSR count). The highest BCUT2D eigenvalue weighted by Crippen LogP contribution is 2.25. The summed E-state index contributed by atoms with van der Waals surface area (Å²) in [5.74, 6) is -0.562. The lowest BCUT2D eigenvalue weighted by Crippen LogP contribution is -1.92. The lowest BCUT2D eigenvalue weighted by atomic mass is 10.2. The summed E-state index contributed by atoms with van der Waals surface area (Å²) in [5, 5.41) is 2.50. The van der Waals surface area contributed by atoms with Crippen LogP contribution in [0, 0.1) is 11.6 Å². The second-order valence-corrected chi connectivity index (χ2v) is 6.02. The number of thiazole rings is 1. The molecule has 6 heteroatoms. The summed E-state index contributed by atoms with van der Waals surface area (Å²) in [6.45, 7) is 1.52. The number of hydrogen-bond donors (Lipinski definition) is 0. The minimum atomic E-state index is -0.612. The number of carbonyl (C=O) groups excluding carboxylic acids is 1. The third-order valence-corrected chi connectivity index (χ3v) is 4.08. The fraction of sp³-hybridized carbons (Fsp3) is 0.231. The molecule has 0 fully saturated rings. The Balaban J connectivity index is 2.09. The van der Waals surface area contributed by atoms with Crippen molar-refractivity contribution in [2.45, 2.75) is 13.3 Å². The Kier molecular flexibility index (Phi) is 4.66. The van der Waals surface area contributed by atoms with Crippen molar-refractivity contribution in [3.05, 3.63) is 40.9 Å². The topological polar surface area (TPSA) is 30.0 Å². The predicted molar refractivity (Wildman–Crippen MR) is 74.3 cm³/mol. The quantitative estimate of drug-likeness (QED) is 0.857. The van der Waals surface area contributed by atoms with Gasteiger partial charge >= 0.3 is 0 Å². The van der Waals surface area contributed by atoms with Gasteiger partial charge in [-0.15, -0.1) is 11.3 Å². The number of rotatable bonds is 4. The number of carbonyl (C=O) groups is 1. The molecular formula is C13H11F2NOS2. The van der Waals surface area contributed by atoms with Gasteiger partial charge in [-0.1, -0.05) is 11.8 Å². The molecule has 0 aliphatic rings. The van der Waals surface area contributed by atoms with Crippen LogP contribution in [-0.4, -0.2) is 15.9 Å². The third kappa shape index (κ3) is 4.11. The standard InChI is InChI=1S/C13H11F2NOS2/c1-8(17)18-3-2-12-7-19-13(16-12)9-4-10(14)6-11(15)5-9/h4-7H,2-3H2,1H3. The van der Waals surface area contributed by atoms with Gasteiger partial charge in [0.25, 0.3) is 0 Å². The zero-order valence-corrected chi connectivity index (χ0v) is 11.8. The molecule has 0 unspecified atom stereocenters. The Hall–Kier alpha value is -1.27. The summed E-state index contributed by atoms with van der Waals surface area (Å²) >= 11 is 2.58. The molecule has 100 valence electrons. The number of hydrogen-bond acceptors (Lipinski definition) is 4. The van der Waals surface area contributed by atoms with Gasteiger partial charge in [-0.25, -0.2) is 13.8 Å². The van der Waals surface area contributed by atoms with E-state index in [1.807, 2.05) is 5.38 Å². The smallest absolute Gasteiger partial charge is 0.185 e. The largest absolute Gasteiger partial charge is 0.288 e. The highest BCUT2D eigenvalue weighted by Gasteiger charge is 2.08. The molecule has 0 saturated heterocycles. The summed E-state index contributed by atoms with van der Waals surface area (Å²) in [4.78, 5) is 15.1. The van der Waals surface area contributed by atoms with Crippen molar-refractivity contribution in [2.24, 2.45) is 0 Å². The second kappa shape index (κ2) is 6.25. The van der Waals surface area contributed by atoms with Gasteiger partial charge < -0.3 is 0 Å². The monoisotopic (exact) mass is 299 g/mol. The minimum Gasteiger partial charge on any atom is -0.288 e. The molecule has 0 N–H and O–H groups in total. The fourth-order valence-corrected chi connectivity index (χ4v) is 2.97. The first-order valence-corrected chi connectivity index (χ1v) is 7.45. The molecule has 2 nitrogen and oxygen atoms in total. The summed E-state index contributed by atoms with van der Waals surface area (Å²) in [6.07, 6.45) is 0.665.